The fourth-order valence-electron chi connectivity index (χ4n) is 5.50. The molecule has 0 fully saturated rings. The summed E-state index contributed by atoms with van der Waals surface area (Å²) in [6.45, 7) is 0. The van der Waals surface area contributed by atoms with Crippen LogP contribution in [0.15, 0.2) is 109 Å². The predicted molar refractivity (Wildman–Crippen MR) is 141 cm³/mol. The molecule has 0 radical (unpaired) electrons. The summed E-state index contributed by atoms with van der Waals surface area (Å²) in [7, 11) is 0. The Labute approximate surface area is 198 Å². The van der Waals surface area contributed by atoms with E-state index >= 15 is 0 Å². The highest BCUT2D eigenvalue weighted by molar-refractivity contribution is 6.03. The molecule has 160 valence electrons. The lowest BCUT2D eigenvalue weighted by molar-refractivity contribution is 0.926. The van der Waals surface area contributed by atoms with Gasteiger partial charge < -0.3 is 0 Å². The van der Waals surface area contributed by atoms with Crippen molar-refractivity contribution < 1.29 is 0 Å². The minimum Gasteiger partial charge on any atom is -0.246 e. The smallest absolute Gasteiger partial charge is 0.0935 e. The first-order valence-corrected chi connectivity index (χ1v) is 11.8. The van der Waals surface area contributed by atoms with Crippen molar-refractivity contribution in [3.05, 3.63) is 120 Å². The molecule has 0 unspecified atom stereocenters. The molecule has 1 aliphatic carbocycles. The van der Waals surface area contributed by atoms with Crippen LogP contribution in [0.2, 0.25) is 0 Å². The highest BCUT2D eigenvalue weighted by Crippen LogP contribution is 2.45. The van der Waals surface area contributed by atoms with Gasteiger partial charge in [0.1, 0.15) is 0 Å². The fraction of sp³-hybridized carbons (Fsp3) is 0.0625. The van der Waals surface area contributed by atoms with E-state index in [0.717, 1.165) is 35.3 Å². The molecular weight excluding hydrogens is 412 g/mol. The van der Waals surface area contributed by atoms with Crippen molar-refractivity contribution in [2.75, 3.05) is 0 Å². The number of hydrogen-bond donors (Lipinski definition) is 0. The van der Waals surface area contributed by atoms with Crippen LogP contribution in [0.1, 0.15) is 11.1 Å². The normalized spacial score (nSPS) is 12.5. The molecule has 0 bridgehead atoms. The van der Waals surface area contributed by atoms with E-state index in [1.54, 1.807) is 0 Å². The third-order valence-electron chi connectivity index (χ3n) is 6.96. The van der Waals surface area contributed by atoms with Gasteiger partial charge in [0, 0.05) is 10.8 Å². The molecule has 7 rings (SSSR count). The monoisotopic (exact) mass is 434 g/mol. The maximum absolute atomic E-state index is 5.22. The largest absolute Gasteiger partial charge is 0.246 e. The first-order chi connectivity index (χ1) is 16.9. The first kappa shape index (κ1) is 19.2. The van der Waals surface area contributed by atoms with E-state index in [-0.39, 0.29) is 0 Å². The van der Waals surface area contributed by atoms with Crippen LogP contribution in [0.3, 0.4) is 0 Å². The van der Waals surface area contributed by atoms with Gasteiger partial charge in [0.25, 0.3) is 0 Å². The first-order valence-electron chi connectivity index (χ1n) is 11.8. The number of para-hydroxylation sites is 2. The third kappa shape index (κ3) is 2.89. The summed E-state index contributed by atoms with van der Waals surface area (Å²) in [5.41, 5.74) is 11.8. The number of aromatic nitrogens is 2. The van der Waals surface area contributed by atoms with Crippen LogP contribution < -0.4 is 0 Å². The molecule has 0 amide bonds. The lowest BCUT2D eigenvalue weighted by atomic mass is 9.82. The molecular formula is C32H22N2. The van der Waals surface area contributed by atoms with Crippen molar-refractivity contribution in [3.8, 4) is 33.6 Å². The average Bonchev–Trinajstić information content (AvgIpc) is 2.91. The van der Waals surface area contributed by atoms with Crippen LogP contribution in [0, 0.1) is 0 Å². The molecule has 0 atom stereocenters. The second-order valence-corrected chi connectivity index (χ2v) is 8.89. The molecule has 0 N–H and O–H groups in total. The van der Waals surface area contributed by atoms with E-state index in [2.05, 4.69) is 109 Å². The lowest BCUT2D eigenvalue weighted by Gasteiger charge is -2.26. The zero-order valence-electron chi connectivity index (χ0n) is 18.7. The Morgan fingerprint density at radius 1 is 0.412 bits per heavy atom. The molecule has 0 saturated heterocycles. The second kappa shape index (κ2) is 7.64. The highest BCUT2D eigenvalue weighted by atomic mass is 14.8. The Morgan fingerprint density at radius 2 is 0.794 bits per heavy atom. The van der Waals surface area contributed by atoms with Crippen molar-refractivity contribution in [1.29, 1.82) is 0 Å². The van der Waals surface area contributed by atoms with Crippen LogP contribution in [0.25, 0.3) is 55.4 Å². The van der Waals surface area contributed by atoms with Gasteiger partial charge in [0.2, 0.25) is 0 Å². The molecule has 0 aliphatic heterocycles. The summed E-state index contributed by atoms with van der Waals surface area (Å²) in [6, 6.07) is 38.5. The third-order valence-corrected chi connectivity index (χ3v) is 6.96. The molecule has 2 nitrogen and oxygen atoms in total. The maximum Gasteiger partial charge on any atom is 0.0935 e. The van der Waals surface area contributed by atoms with Crippen LogP contribution in [0.5, 0.6) is 0 Å². The SMILES string of the molecule is c1ccc(-c2c3c(nc4ccccc24)-c2nc4ccccc4c(-c4ccccc4)c2CC3)cc1. The summed E-state index contributed by atoms with van der Waals surface area (Å²) in [5, 5.41) is 2.42. The van der Waals surface area contributed by atoms with E-state index in [1.165, 1.54) is 44.2 Å². The van der Waals surface area contributed by atoms with E-state index < -0.39 is 0 Å². The van der Waals surface area contributed by atoms with Crippen molar-refractivity contribution in [2.45, 2.75) is 12.8 Å². The van der Waals surface area contributed by atoms with Gasteiger partial charge in [-0.05, 0) is 58.4 Å². The molecule has 0 spiro atoms. The van der Waals surface area contributed by atoms with Gasteiger partial charge in [-0.2, -0.15) is 0 Å². The minimum atomic E-state index is 0.949. The lowest BCUT2D eigenvalue weighted by Crippen LogP contribution is -2.12. The Balaban J connectivity index is 1.61. The maximum atomic E-state index is 5.22. The van der Waals surface area contributed by atoms with Crippen molar-refractivity contribution >= 4 is 21.8 Å². The van der Waals surface area contributed by atoms with Crippen LogP contribution >= 0.6 is 0 Å². The van der Waals surface area contributed by atoms with Gasteiger partial charge in [-0.25, -0.2) is 9.97 Å². The van der Waals surface area contributed by atoms with Gasteiger partial charge in [0.15, 0.2) is 0 Å². The number of fused-ring (bicyclic) bond motifs is 5. The minimum absolute atomic E-state index is 0.949. The van der Waals surface area contributed by atoms with E-state index in [0.29, 0.717) is 0 Å². The molecule has 2 heteroatoms. The van der Waals surface area contributed by atoms with E-state index in [4.69, 9.17) is 9.97 Å². The number of nitrogens with zero attached hydrogens (tertiary/aromatic N) is 2. The van der Waals surface area contributed by atoms with Gasteiger partial charge in [-0.3, -0.25) is 0 Å². The summed E-state index contributed by atoms with van der Waals surface area (Å²) >= 11 is 0. The van der Waals surface area contributed by atoms with Crippen molar-refractivity contribution in [2.24, 2.45) is 0 Å². The summed E-state index contributed by atoms with van der Waals surface area (Å²) in [5.74, 6) is 0. The number of hydrogen-bond acceptors (Lipinski definition) is 2. The summed E-state index contributed by atoms with van der Waals surface area (Å²) in [4.78, 5) is 10.4. The van der Waals surface area contributed by atoms with Crippen LogP contribution in [-0.4, -0.2) is 9.97 Å². The Kier molecular flexibility index (Phi) is 4.31. The van der Waals surface area contributed by atoms with Crippen LogP contribution in [0.4, 0.5) is 0 Å². The molecule has 2 aromatic heterocycles. The average molecular weight is 435 g/mol. The van der Waals surface area contributed by atoms with Crippen molar-refractivity contribution in [3.63, 3.8) is 0 Å². The molecule has 0 saturated carbocycles. The Hall–Kier alpha value is -4.30. The highest BCUT2D eigenvalue weighted by Gasteiger charge is 2.27. The summed E-state index contributed by atoms with van der Waals surface area (Å²) in [6.07, 6.45) is 1.90. The zero-order valence-corrected chi connectivity index (χ0v) is 18.7. The van der Waals surface area contributed by atoms with Gasteiger partial charge in [-0.15, -0.1) is 0 Å². The molecule has 4 aromatic carbocycles. The zero-order chi connectivity index (χ0) is 22.5. The molecule has 34 heavy (non-hydrogen) atoms. The fourth-order valence-corrected chi connectivity index (χ4v) is 5.50. The van der Waals surface area contributed by atoms with Gasteiger partial charge in [0.05, 0.1) is 22.4 Å². The Morgan fingerprint density at radius 3 is 1.24 bits per heavy atom. The number of benzene rings is 4. The second-order valence-electron chi connectivity index (χ2n) is 8.89. The number of rotatable bonds is 2. The van der Waals surface area contributed by atoms with Crippen LogP contribution in [-0.2, 0) is 12.8 Å². The van der Waals surface area contributed by atoms with Crippen molar-refractivity contribution in [1.82, 2.24) is 9.97 Å². The van der Waals surface area contributed by atoms with Gasteiger partial charge in [-0.1, -0.05) is 97.1 Å². The molecule has 2 heterocycles. The standard InChI is InChI=1S/C32H22N2/c1-3-11-21(12-4-1)29-23-15-7-9-17-27(23)33-31-25(29)19-20-26-30(22-13-5-2-6-14-22)24-16-8-10-18-28(24)34-32(26)31/h1-18H,19-20H2. The van der Waals surface area contributed by atoms with E-state index in [9.17, 15) is 0 Å². The Bertz CT molecular complexity index is 1560. The van der Waals surface area contributed by atoms with E-state index in [1.807, 2.05) is 0 Å². The molecule has 1 aliphatic rings. The molecule has 6 aromatic rings. The number of pyridine rings is 2. The summed E-state index contributed by atoms with van der Waals surface area (Å²) < 4.78 is 0. The van der Waals surface area contributed by atoms with Gasteiger partial charge >= 0.3 is 0 Å². The topological polar surface area (TPSA) is 25.8 Å². The quantitative estimate of drug-likeness (QED) is 0.277. The predicted octanol–water partition coefficient (Wildman–Crippen LogP) is 7.88.